The van der Waals surface area contributed by atoms with Crippen LogP contribution < -0.4 is 0 Å². The van der Waals surface area contributed by atoms with Crippen LogP contribution in [-0.4, -0.2) is 77.0 Å². The molecule has 0 radical (unpaired) electrons. The number of hydrogen-bond donors (Lipinski definition) is 0. The van der Waals surface area contributed by atoms with Crippen LogP contribution in [0, 0.1) is 11.6 Å². The molecule has 168 valence electrons. The van der Waals surface area contributed by atoms with E-state index in [2.05, 4.69) is 0 Å². The van der Waals surface area contributed by atoms with Crippen molar-refractivity contribution in [2.45, 2.75) is 50.8 Å². The lowest BCUT2D eigenvalue weighted by Crippen LogP contribution is -2.59. The van der Waals surface area contributed by atoms with Gasteiger partial charge in [-0.1, -0.05) is 6.42 Å². The molecule has 0 aromatic heterocycles. The van der Waals surface area contributed by atoms with Crippen molar-refractivity contribution in [1.29, 1.82) is 0 Å². The van der Waals surface area contributed by atoms with E-state index in [4.69, 9.17) is 4.74 Å². The molecular weight excluding hydrogens is 408 g/mol. The van der Waals surface area contributed by atoms with Gasteiger partial charge in [0.25, 0.3) is 5.91 Å². The Balaban J connectivity index is 1.61. The molecule has 2 saturated heterocycles. The predicted octanol–water partition coefficient (Wildman–Crippen LogP) is 2.16. The molecule has 7 nitrogen and oxygen atoms in total. The van der Waals surface area contributed by atoms with Crippen molar-refractivity contribution in [3.63, 3.8) is 0 Å². The van der Waals surface area contributed by atoms with Gasteiger partial charge < -0.3 is 14.5 Å². The summed E-state index contributed by atoms with van der Waals surface area (Å²) in [6.45, 7) is 3.14. The van der Waals surface area contributed by atoms with Gasteiger partial charge in [0, 0.05) is 39.2 Å². The third-order valence-electron chi connectivity index (χ3n) is 6.60. The summed E-state index contributed by atoms with van der Waals surface area (Å²) in [6, 6.07) is 1.96. The monoisotopic (exact) mass is 435 g/mol. The van der Waals surface area contributed by atoms with E-state index in [9.17, 15) is 23.2 Å². The standard InChI is InChI=1S/C22H27F2N3O4/c1-15(28)25-9-11-26(12-10-25)21(30)19-14-31-22(7-3-2-4-8-22)27(19)20(29)17-6-5-16(23)13-18(17)24/h5-6,13,19H,2-4,7-12,14H2,1H3. The van der Waals surface area contributed by atoms with Gasteiger partial charge >= 0.3 is 0 Å². The number of benzene rings is 1. The number of halogens is 2. The molecule has 3 amide bonds. The molecule has 2 aliphatic heterocycles. The maximum Gasteiger partial charge on any atom is 0.259 e. The van der Waals surface area contributed by atoms with E-state index in [1.165, 1.54) is 11.8 Å². The van der Waals surface area contributed by atoms with Crippen LogP contribution in [0.2, 0.25) is 0 Å². The van der Waals surface area contributed by atoms with Gasteiger partial charge in [0.05, 0.1) is 12.2 Å². The second kappa shape index (κ2) is 8.53. The minimum absolute atomic E-state index is 0.0407. The maximum atomic E-state index is 14.5. The van der Waals surface area contributed by atoms with Gasteiger partial charge in [0.2, 0.25) is 11.8 Å². The van der Waals surface area contributed by atoms with E-state index in [0.29, 0.717) is 45.1 Å². The summed E-state index contributed by atoms with van der Waals surface area (Å²) >= 11 is 0. The second-order valence-electron chi connectivity index (χ2n) is 8.46. The molecule has 2 heterocycles. The van der Waals surface area contributed by atoms with Crippen molar-refractivity contribution >= 4 is 17.7 Å². The van der Waals surface area contributed by atoms with E-state index in [0.717, 1.165) is 31.4 Å². The molecule has 0 N–H and O–H groups in total. The van der Waals surface area contributed by atoms with Crippen LogP contribution in [0.3, 0.4) is 0 Å². The fourth-order valence-electron chi connectivity index (χ4n) is 4.91. The van der Waals surface area contributed by atoms with Crippen LogP contribution in [-0.2, 0) is 14.3 Å². The number of amides is 3. The van der Waals surface area contributed by atoms with E-state index >= 15 is 0 Å². The highest BCUT2D eigenvalue weighted by molar-refractivity contribution is 5.98. The van der Waals surface area contributed by atoms with E-state index in [1.54, 1.807) is 9.80 Å². The van der Waals surface area contributed by atoms with Gasteiger partial charge in [-0.2, -0.15) is 0 Å². The van der Waals surface area contributed by atoms with E-state index in [-0.39, 0.29) is 24.0 Å². The summed E-state index contributed by atoms with van der Waals surface area (Å²) in [4.78, 5) is 43.1. The molecule has 1 unspecified atom stereocenters. The molecule has 3 aliphatic rings. The van der Waals surface area contributed by atoms with Gasteiger partial charge in [0.15, 0.2) is 0 Å². The number of nitrogens with zero attached hydrogens (tertiary/aromatic N) is 3. The number of carbonyl (C=O) groups is 3. The van der Waals surface area contributed by atoms with Gasteiger partial charge in [0.1, 0.15) is 23.4 Å². The Morgan fingerprint density at radius 3 is 2.26 bits per heavy atom. The first-order valence-corrected chi connectivity index (χ1v) is 10.8. The van der Waals surface area contributed by atoms with Crippen molar-refractivity contribution in [1.82, 2.24) is 14.7 Å². The number of rotatable bonds is 2. The zero-order valence-corrected chi connectivity index (χ0v) is 17.6. The molecule has 3 fully saturated rings. The van der Waals surface area contributed by atoms with Gasteiger partial charge in [-0.25, -0.2) is 8.78 Å². The molecule has 31 heavy (non-hydrogen) atoms. The lowest BCUT2D eigenvalue weighted by Gasteiger charge is -2.43. The van der Waals surface area contributed by atoms with Crippen LogP contribution in [0.5, 0.6) is 0 Å². The molecule has 9 heteroatoms. The average Bonchev–Trinajstić information content (AvgIpc) is 3.11. The normalized spacial score (nSPS) is 23.3. The first kappa shape index (κ1) is 21.7. The number of piperazine rings is 1. The van der Waals surface area contributed by atoms with E-state index in [1.807, 2.05) is 0 Å². The van der Waals surface area contributed by atoms with Crippen molar-refractivity contribution in [2.24, 2.45) is 0 Å². The third kappa shape index (κ3) is 4.03. The Morgan fingerprint density at radius 2 is 1.65 bits per heavy atom. The van der Waals surface area contributed by atoms with Crippen LogP contribution in [0.15, 0.2) is 18.2 Å². The molecule has 1 aliphatic carbocycles. The van der Waals surface area contributed by atoms with E-state index < -0.39 is 29.3 Å². The highest BCUT2D eigenvalue weighted by Crippen LogP contribution is 2.42. The molecule has 1 saturated carbocycles. The smallest absolute Gasteiger partial charge is 0.259 e. The van der Waals surface area contributed by atoms with Crippen LogP contribution in [0.1, 0.15) is 49.4 Å². The quantitative estimate of drug-likeness (QED) is 0.714. The third-order valence-corrected chi connectivity index (χ3v) is 6.60. The van der Waals surface area contributed by atoms with Crippen molar-refractivity contribution in [3.8, 4) is 0 Å². The van der Waals surface area contributed by atoms with Crippen molar-refractivity contribution in [2.75, 3.05) is 32.8 Å². The van der Waals surface area contributed by atoms with Gasteiger partial charge in [-0.15, -0.1) is 0 Å². The lowest BCUT2D eigenvalue weighted by molar-refractivity contribution is -0.142. The predicted molar refractivity (Wildman–Crippen MR) is 107 cm³/mol. The van der Waals surface area contributed by atoms with Crippen molar-refractivity contribution < 1.29 is 27.9 Å². The summed E-state index contributed by atoms with van der Waals surface area (Å²) in [5.41, 5.74) is -1.21. The molecule has 1 spiro atoms. The number of hydrogen-bond acceptors (Lipinski definition) is 4. The summed E-state index contributed by atoms with van der Waals surface area (Å²) in [5.74, 6) is -2.68. The first-order valence-electron chi connectivity index (χ1n) is 10.8. The average molecular weight is 435 g/mol. The Morgan fingerprint density at radius 1 is 1.00 bits per heavy atom. The fraction of sp³-hybridized carbons (Fsp3) is 0.591. The number of ether oxygens (including phenoxy) is 1. The highest BCUT2D eigenvalue weighted by atomic mass is 19.1. The molecule has 1 atom stereocenters. The molecular formula is C22H27F2N3O4. The van der Waals surface area contributed by atoms with Crippen LogP contribution in [0.4, 0.5) is 8.78 Å². The molecule has 4 rings (SSSR count). The number of carbonyl (C=O) groups excluding carboxylic acids is 3. The summed E-state index contributed by atoms with van der Waals surface area (Å²) in [6.07, 6.45) is 3.83. The molecule has 1 aromatic carbocycles. The van der Waals surface area contributed by atoms with Gasteiger partial charge in [-0.05, 0) is 37.8 Å². The first-order chi connectivity index (χ1) is 14.8. The summed E-state index contributed by atoms with van der Waals surface area (Å²) < 4.78 is 33.9. The minimum atomic E-state index is -0.955. The Kier molecular flexibility index (Phi) is 5.96. The fourth-order valence-corrected chi connectivity index (χ4v) is 4.91. The van der Waals surface area contributed by atoms with Crippen LogP contribution in [0.25, 0.3) is 0 Å². The maximum absolute atomic E-state index is 14.5. The molecule has 1 aromatic rings. The Labute approximate surface area is 179 Å². The highest BCUT2D eigenvalue weighted by Gasteiger charge is 2.54. The summed E-state index contributed by atoms with van der Waals surface area (Å²) in [5, 5.41) is 0. The largest absolute Gasteiger partial charge is 0.353 e. The Bertz CT molecular complexity index is 880. The SMILES string of the molecule is CC(=O)N1CCN(C(=O)C2COC3(CCCCC3)N2C(=O)c2ccc(F)cc2F)CC1. The minimum Gasteiger partial charge on any atom is -0.353 e. The molecule has 0 bridgehead atoms. The second-order valence-corrected chi connectivity index (χ2v) is 8.46. The van der Waals surface area contributed by atoms with Gasteiger partial charge in [-0.3, -0.25) is 19.3 Å². The van der Waals surface area contributed by atoms with Crippen LogP contribution >= 0.6 is 0 Å². The summed E-state index contributed by atoms with van der Waals surface area (Å²) in [7, 11) is 0. The zero-order valence-electron chi connectivity index (χ0n) is 17.6. The van der Waals surface area contributed by atoms with Crippen molar-refractivity contribution in [3.05, 3.63) is 35.4 Å². The zero-order chi connectivity index (χ0) is 22.2. The topological polar surface area (TPSA) is 70.2 Å². The lowest BCUT2D eigenvalue weighted by atomic mass is 9.89. The Hall–Kier alpha value is -2.55.